The molecule has 31 heavy (non-hydrogen) atoms. The molecule has 0 saturated heterocycles. The Morgan fingerprint density at radius 1 is 0.484 bits per heavy atom. The van der Waals surface area contributed by atoms with E-state index >= 15 is 0 Å². The predicted octanol–water partition coefficient (Wildman–Crippen LogP) is 3.95. The Balaban J connectivity index is -0.000000604. The summed E-state index contributed by atoms with van der Waals surface area (Å²) in [6.07, 6.45) is 3.88. The quantitative estimate of drug-likeness (QED) is 0.328. The zero-order valence-corrected chi connectivity index (χ0v) is 18.8. The molecule has 0 N–H and O–H groups in total. The highest BCUT2D eigenvalue weighted by atomic mass is 16.5. The summed E-state index contributed by atoms with van der Waals surface area (Å²) in [5, 5.41) is 0. The third-order valence-electron chi connectivity index (χ3n) is 4.01. The van der Waals surface area contributed by atoms with Crippen LogP contribution in [0, 0.1) is 0 Å². The maximum Gasteiger partial charge on any atom is 0.306 e. The van der Waals surface area contributed by atoms with Gasteiger partial charge in [0.2, 0.25) is 0 Å². The topological polar surface area (TPSA) is 121 Å². The number of hydrogen-bond acceptors (Lipinski definition) is 8. The van der Waals surface area contributed by atoms with Gasteiger partial charge >= 0.3 is 11.9 Å². The lowest BCUT2D eigenvalue weighted by Crippen LogP contribution is -2.14. The Kier molecular flexibility index (Phi) is 23.9. The van der Waals surface area contributed by atoms with E-state index in [1.165, 1.54) is 0 Å². The zero-order chi connectivity index (χ0) is 23.4. The molecule has 0 fully saturated rings. The fourth-order valence-corrected chi connectivity index (χ4v) is 1.94. The van der Waals surface area contributed by atoms with Crippen LogP contribution in [-0.2, 0) is 38.2 Å². The van der Waals surface area contributed by atoms with Crippen LogP contribution in [-0.4, -0.2) is 48.3 Å². The highest BCUT2D eigenvalue weighted by Gasteiger charge is 2.09. The maximum absolute atomic E-state index is 11.4. The van der Waals surface area contributed by atoms with Gasteiger partial charge in [-0.15, -0.1) is 0 Å². The van der Waals surface area contributed by atoms with E-state index in [2.05, 4.69) is 4.74 Å². The van der Waals surface area contributed by atoms with Crippen LogP contribution in [0.5, 0.6) is 0 Å². The average Bonchev–Trinajstić information content (AvgIpc) is 2.75. The summed E-state index contributed by atoms with van der Waals surface area (Å²) in [6, 6.07) is 0. The van der Waals surface area contributed by atoms with Crippen LogP contribution in [0.2, 0.25) is 0 Å². The molecular weight excluding hydrogens is 404 g/mol. The van der Waals surface area contributed by atoms with Crippen molar-refractivity contribution in [1.82, 2.24) is 0 Å². The van der Waals surface area contributed by atoms with Crippen LogP contribution in [0.15, 0.2) is 0 Å². The summed E-state index contributed by atoms with van der Waals surface area (Å²) in [4.78, 5) is 65.8. The molecule has 0 aliphatic rings. The number of ether oxygens (including phenoxy) is 2. The van der Waals surface area contributed by atoms with Crippen molar-refractivity contribution in [3.63, 3.8) is 0 Å². The number of hydrogen-bond donors (Lipinski definition) is 0. The SMILES string of the molecule is C.CCC(=O)CCCC(=O)COC(=O)CCCC(=O)CC.CCC(=O)COC(=O)CC. The van der Waals surface area contributed by atoms with Gasteiger partial charge in [-0.1, -0.05) is 35.1 Å². The Morgan fingerprint density at radius 3 is 1.32 bits per heavy atom. The smallest absolute Gasteiger partial charge is 0.306 e. The highest BCUT2D eigenvalue weighted by Crippen LogP contribution is 2.03. The molecule has 0 aliphatic carbocycles. The van der Waals surface area contributed by atoms with Crippen LogP contribution in [0.3, 0.4) is 0 Å². The summed E-state index contributed by atoms with van der Waals surface area (Å²) < 4.78 is 9.37. The molecule has 0 unspecified atom stereocenters. The monoisotopic (exact) mass is 444 g/mol. The molecule has 0 amide bonds. The minimum absolute atomic E-state index is 0. The van der Waals surface area contributed by atoms with Crippen LogP contribution in [0.25, 0.3) is 0 Å². The summed E-state index contributed by atoms with van der Waals surface area (Å²) >= 11 is 0. The first-order valence-electron chi connectivity index (χ1n) is 10.6. The lowest BCUT2D eigenvalue weighted by atomic mass is 10.1. The summed E-state index contributed by atoms with van der Waals surface area (Å²) in [7, 11) is 0. The van der Waals surface area contributed by atoms with Crippen LogP contribution < -0.4 is 0 Å². The molecule has 0 bridgehead atoms. The molecule has 0 spiro atoms. The van der Waals surface area contributed by atoms with Crippen molar-refractivity contribution in [3.05, 3.63) is 0 Å². The van der Waals surface area contributed by atoms with Crippen molar-refractivity contribution < 1.29 is 38.2 Å². The second kappa shape index (κ2) is 22.3. The third kappa shape index (κ3) is 23.8. The molecule has 0 aliphatic heterocycles. The molecule has 180 valence electrons. The number of rotatable bonds is 16. The fraction of sp³-hybridized carbons (Fsp3) is 0.739. The first kappa shape index (κ1) is 33.3. The lowest BCUT2D eigenvalue weighted by molar-refractivity contribution is -0.148. The van der Waals surface area contributed by atoms with E-state index in [1.54, 1.807) is 27.7 Å². The minimum atomic E-state index is -0.452. The molecule has 0 saturated carbocycles. The molecular formula is C23H40O8. The van der Waals surface area contributed by atoms with E-state index in [0.29, 0.717) is 51.4 Å². The summed E-state index contributed by atoms with van der Waals surface area (Å²) in [5.41, 5.74) is 0. The van der Waals surface area contributed by atoms with Crippen molar-refractivity contribution in [2.24, 2.45) is 0 Å². The number of Topliss-reactive ketones (excluding diaryl/α,β-unsaturated/α-hetero) is 4. The number of carbonyl (C=O) groups excluding carboxylic acids is 6. The van der Waals surface area contributed by atoms with Gasteiger partial charge < -0.3 is 9.47 Å². The van der Waals surface area contributed by atoms with E-state index in [1.807, 2.05) is 0 Å². The Bertz CT molecular complexity index is 516. The van der Waals surface area contributed by atoms with E-state index in [0.717, 1.165) is 0 Å². The molecule has 0 atom stereocenters. The average molecular weight is 445 g/mol. The van der Waals surface area contributed by atoms with E-state index in [9.17, 15) is 28.8 Å². The Morgan fingerprint density at radius 2 is 0.871 bits per heavy atom. The van der Waals surface area contributed by atoms with Crippen molar-refractivity contribution in [3.8, 4) is 0 Å². The van der Waals surface area contributed by atoms with Crippen LogP contribution in [0.1, 0.15) is 99.3 Å². The Hall–Kier alpha value is -2.38. The van der Waals surface area contributed by atoms with Crippen molar-refractivity contribution in [1.29, 1.82) is 0 Å². The second-order valence-corrected chi connectivity index (χ2v) is 6.60. The molecule has 0 radical (unpaired) electrons. The van der Waals surface area contributed by atoms with Crippen LogP contribution in [0.4, 0.5) is 0 Å². The van der Waals surface area contributed by atoms with Gasteiger partial charge in [-0.2, -0.15) is 0 Å². The van der Waals surface area contributed by atoms with Gasteiger partial charge in [-0.3, -0.25) is 28.8 Å². The van der Waals surface area contributed by atoms with E-state index in [4.69, 9.17) is 4.74 Å². The van der Waals surface area contributed by atoms with Gasteiger partial charge in [0.15, 0.2) is 11.6 Å². The third-order valence-corrected chi connectivity index (χ3v) is 4.01. The normalized spacial score (nSPS) is 9.42. The molecule has 0 rings (SSSR count). The minimum Gasteiger partial charge on any atom is -0.458 e. The maximum atomic E-state index is 11.4. The van der Waals surface area contributed by atoms with Crippen molar-refractivity contribution >= 4 is 35.1 Å². The molecule has 0 aromatic heterocycles. The van der Waals surface area contributed by atoms with Gasteiger partial charge in [0.25, 0.3) is 0 Å². The van der Waals surface area contributed by atoms with Gasteiger partial charge in [-0.05, 0) is 12.8 Å². The highest BCUT2D eigenvalue weighted by molar-refractivity contribution is 5.84. The summed E-state index contributed by atoms with van der Waals surface area (Å²) in [5.74, 6) is -0.729. The van der Waals surface area contributed by atoms with Crippen molar-refractivity contribution in [2.45, 2.75) is 99.3 Å². The van der Waals surface area contributed by atoms with Gasteiger partial charge in [0.1, 0.15) is 24.8 Å². The first-order valence-corrected chi connectivity index (χ1v) is 10.6. The van der Waals surface area contributed by atoms with Crippen molar-refractivity contribution in [2.75, 3.05) is 13.2 Å². The first-order chi connectivity index (χ1) is 14.2. The molecule has 0 heterocycles. The largest absolute Gasteiger partial charge is 0.458 e. The molecule has 8 nitrogen and oxygen atoms in total. The zero-order valence-electron chi connectivity index (χ0n) is 18.8. The van der Waals surface area contributed by atoms with E-state index in [-0.39, 0.29) is 62.6 Å². The molecule has 8 heteroatoms. The second-order valence-electron chi connectivity index (χ2n) is 6.60. The predicted molar refractivity (Wildman–Crippen MR) is 118 cm³/mol. The Labute approximate surface area is 186 Å². The fourth-order valence-electron chi connectivity index (χ4n) is 1.94. The number of esters is 2. The standard InChI is InChI=1S/C15H24O5.C7H12O3.CH4/c1-3-12(16)7-5-9-14(18)11-20-15(19)10-6-8-13(17)4-2;1-3-6(8)5-10-7(9)4-2;/h3-11H2,1-2H3;3-5H2,1-2H3;1H4. The van der Waals surface area contributed by atoms with Crippen LogP contribution >= 0.6 is 0 Å². The molecule has 0 aromatic carbocycles. The van der Waals surface area contributed by atoms with Gasteiger partial charge in [0, 0.05) is 51.4 Å². The van der Waals surface area contributed by atoms with Gasteiger partial charge in [-0.25, -0.2) is 0 Å². The summed E-state index contributed by atoms with van der Waals surface area (Å²) in [6.45, 7) is 6.70. The van der Waals surface area contributed by atoms with Gasteiger partial charge in [0.05, 0.1) is 0 Å². The number of carbonyl (C=O) groups is 6. The number of ketones is 4. The molecule has 0 aromatic rings. The lowest BCUT2D eigenvalue weighted by Gasteiger charge is -2.04. The van der Waals surface area contributed by atoms with E-state index < -0.39 is 5.97 Å².